The van der Waals surface area contributed by atoms with Crippen molar-refractivity contribution in [1.29, 1.82) is 0 Å². The number of nitrogens with one attached hydrogen (secondary N) is 1. The van der Waals surface area contributed by atoms with Crippen molar-refractivity contribution >= 4 is 6.09 Å². The van der Waals surface area contributed by atoms with E-state index in [-0.39, 0.29) is 6.04 Å². The van der Waals surface area contributed by atoms with Crippen molar-refractivity contribution in [1.82, 2.24) is 5.32 Å². The normalized spacial score (nSPS) is 15.8. The summed E-state index contributed by atoms with van der Waals surface area (Å²) in [6.45, 7) is 0.294. The second-order valence-corrected chi connectivity index (χ2v) is 5.83. The van der Waals surface area contributed by atoms with Crippen LogP contribution < -0.4 is 14.8 Å². The van der Waals surface area contributed by atoms with Gasteiger partial charge in [-0.2, -0.15) is 0 Å². The van der Waals surface area contributed by atoms with Gasteiger partial charge in [0, 0.05) is 0 Å². The Bertz CT molecular complexity index is 896. The van der Waals surface area contributed by atoms with Gasteiger partial charge in [-0.05, 0) is 42.0 Å². The van der Waals surface area contributed by atoms with Gasteiger partial charge in [-0.3, -0.25) is 0 Å². The lowest BCUT2D eigenvalue weighted by Crippen LogP contribution is -2.18. The van der Waals surface area contributed by atoms with Gasteiger partial charge in [0.05, 0.1) is 6.04 Å². The van der Waals surface area contributed by atoms with E-state index in [4.69, 9.17) is 14.2 Å². The number of benzene rings is 3. The number of alkyl carbamates (subject to hydrolysis) is 1. The molecule has 1 fully saturated rings. The zero-order valence-corrected chi connectivity index (χ0v) is 13.9. The fourth-order valence-corrected chi connectivity index (χ4v) is 2.70. The number of hydrogen-bond acceptors (Lipinski definition) is 4. The molecule has 0 aliphatic carbocycles. The Morgan fingerprint density at radius 1 is 0.808 bits per heavy atom. The molecule has 0 aromatic heterocycles. The molecule has 1 amide bonds. The highest BCUT2D eigenvalue weighted by atomic mass is 16.6. The third-order valence-corrected chi connectivity index (χ3v) is 3.99. The second kappa shape index (κ2) is 7.19. The van der Waals surface area contributed by atoms with Crippen LogP contribution in [0.3, 0.4) is 0 Å². The number of cyclic esters (lactones) is 1. The van der Waals surface area contributed by atoms with E-state index in [9.17, 15) is 4.79 Å². The quantitative estimate of drug-likeness (QED) is 0.701. The Balaban J connectivity index is 1.66. The smallest absolute Gasteiger partial charge is 0.407 e. The molecule has 3 aromatic rings. The van der Waals surface area contributed by atoms with E-state index in [1.54, 1.807) is 0 Å². The van der Waals surface area contributed by atoms with Gasteiger partial charge in [0.1, 0.15) is 18.1 Å². The lowest BCUT2D eigenvalue weighted by atomic mass is 10.1. The average molecular weight is 347 g/mol. The molecule has 0 radical (unpaired) electrons. The van der Waals surface area contributed by atoms with Crippen molar-refractivity contribution < 1.29 is 19.0 Å². The molecular formula is C21H17NO4. The second-order valence-electron chi connectivity index (χ2n) is 5.83. The molecule has 130 valence electrons. The monoisotopic (exact) mass is 347 g/mol. The maximum absolute atomic E-state index is 11.3. The summed E-state index contributed by atoms with van der Waals surface area (Å²) in [5.74, 6) is 2.58. The van der Waals surface area contributed by atoms with Crippen LogP contribution >= 0.6 is 0 Å². The summed E-state index contributed by atoms with van der Waals surface area (Å²) in [6.07, 6.45) is -0.412. The summed E-state index contributed by atoms with van der Waals surface area (Å²) in [4.78, 5) is 11.3. The number of hydrogen-bond donors (Lipinski definition) is 1. The molecule has 1 atom stereocenters. The van der Waals surface area contributed by atoms with Gasteiger partial charge in [0.2, 0.25) is 0 Å². The van der Waals surface area contributed by atoms with Crippen LogP contribution in [0.5, 0.6) is 23.0 Å². The first-order valence-corrected chi connectivity index (χ1v) is 8.31. The molecule has 0 bridgehead atoms. The fraction of sp³-hybridized carbons (Fsp3) is 0.0952. The molecule has 1 N–H and O–H groups in total. The first kappa shape index (κ1) is 16.0. The predicted octanol–water partition coefficient (Wildman–Crippen LogP) is 5.05. The summed E-state index contributed by atoms with van der Waals surface area (Å²) < 4.78 is 17.0. The fourth-order valence-electron chi connectivity index (χ4n) is 2.70. The Morgan fingerprint density at radius 3 is 2.00 bits per heavy atom. The lowest BCUT2D eigenvalue weighted by Gasteiger charge is -2.15. The zero-order valence-electron chi connectivity index (χ0n) is 13.9. The van der Waals surface area contributed by atoms with Crippen LogP contribution in [0.1, 0.15) is 11.6 Å². The predicted molar refractivity (Wildman–Crippen MR) is 96.7 cm³/mol. The third kappa shape index (κ3) is 3.62. The molecule has 0 saturated carbocycles. The highest BCUT2D eigenvalue weighted by molar-refractivity contribution is 5.70. The number of carbonyl (C=O) groups excluding carboxylic acids is 1. The highest BCUT2D eigenvalue weighted by Crippen LogP contribution is 2.37. The van der Waals surface area contributed by atoms with E-state index in [1.807, 2.05) is 78.9 Å². The zero-order chi connectivity index (χ0) is 17.8. The Kier molecular flexibility index (Phi) is 4.43. The van der Waals surface area contributed by atoms with Gasteiger partial charge in [-0.1, -0.05) is 42.5 Å². The van der Waals surface area contributed by atoms with Crippen molar-refractivity contribution in [2.75, 3.05) is 6.61 Å². The number of carbonyl (C=O) groups is 1. The first-order valence-electron chi connectivity index (χ1n) is 8.31. The van der Waals surface area contributed by atoms with E-state index < -0.39 is 6.09 Å². The van der Waals surface area contributed by atoms with Crippen molar-refractivity contribution in [3.05, 3.63) is 84.4 Å². The van der Waals surface area contributed by atoms with E-state index in [0.717, 1.165) is 11.3 Å². The van der Waals surface area contributed by atoms with Gasteiger partial charge in [-0.25, -0.2) is 4.79 Å². The molecule has 1 heterocycles. The van der Waals surface area contributed by atoms with Crippen LogP contribution in [0.15, 0.2) is 78.9 Å². The van der Waals surface area contributed by atoms with Crippen LogP contribution in [-0.4, -0.2) is 12.7 Å². The summed E-state index contributed by atoms with van der Waals surface area (Å²) in [5, 5.41) is 2.77. The Labute approximate surface area is 151 Å². The van der Waals surface area contributed by atoms with E-state index in [0.29, 0.717) is 23.9 Å². The van der Waals surface area contributed by atoms with Crippen LogP contribution in [0, 0.1) is 0 Å². The molecule has 1 saturated heterocycles. The minimum absolute atomic E-state index is 0.202. The van der Waals surface area contributed by atoms with Crippen molar-refractivity contribution in [2.45, 2.75) is 6.04 Å². The van der Waals surface area contributed by atoms with Crippen molar-refractivity contribution in [3.63, 3.8) is 0 Å². The molecule has 26 heavy (non-hydrogen) atoms. The van der Waals surface area contributed by atoms with E-state index in [1.165, 1.54) is 0 Å². The highest BCUT2D eigenvalue weighted by Gasteiger charge is 2.25. The number of rotatable bonds is 5. The number of para-hydroxylation sites is 2. The number of ether oxygens (including phenoxy) is 3. The largest absolute Gasteiger partial charge is 0.453 e. The van der Waals surface area contributed by atoms with Gasteiger partial charge >= 0.3 is 6.09 Å². The Hall–Kier alpha value is -3.47. The van der Waals surface area contributed by atoms with Crippen molar-refractivity contribution in [3.8, 4) is 23.0 Å². The molecule has 5 nitrogen and oxygen atoms in total. The maximum atomic E-state index is 11.3. The molecule has 5 heteroatoms. The molecule has 0 unspecified atom stereocenters. The standard InChI is InChI=1S/C21H17NO4/c23-21-22-18(14-24-21)15-11-12-19(25-16-7-3-1-4-8-16)20(13-15)26-17-9-5-2-6-10-17/h1-13,18H,14H2,(H,22,23)/t18-/m0/s1. The first-order chi connectivity index (χ1) is 12.8. The summed E-state index contributed by atoms with van der Waals surface area (Å²) in [5.41, 5.74) is 0.891. The number of amides is 1. The summed E-state index contributed by atoms with van der Waals surface area (Å²) in [7, 11) is 0. The minimum Gasteiger partial charge on any atom is -0.453 e. The van der Waals surface area contributed by atoms with Gasteiger partial charge in [-0.15, -0.1) is 0 Å². The molecule has 3 aromatic carbocycles. The van der Waals surface area contributed by atoms with E-state index >= 15 is 0 Å². The van der Waals surface area contributed by atoms with Gasteiger partial charge < -0.3 is 19.5 Å². The average Bonchev–Trinajstić information content (AvgIpc) is 3.11. The molecule has 0 spiro atoms. The van der Waals surface area contributed by atoms with Crippen molar-refractivity contribution in [2.24, 2.45) is 0 Å². The third-order valence-electron chi connectivity index (χ3n) is 3.99. The molecular weight excluding hydrogens is 330 g/mol. The summed E-state index contributed by atoms with van der Waals surface area (Å²) >= 11 is 0. The Morgan fingerprint density at radius 2 is 1.42 bits per heavy atom. The van der Waals surface area contributed by atoms with Gasteiger partial charge in [0.25, 0.3) is 0 Å². The minimum atomic E-state index is -0.412. The van der Waals surface area contributed by atoms with Crippen LogP contribution in [0.4, 0.5) is 4.79 Å². The topological polar surface area (TPSA) is 56.8 Å². The molecule has 4 rings (SSSR count). The van der Waals surface area contributed by atoms with Crippen LogP contribution in [0.2, 0.25) is 0 Å². The maximum Gasteiger partial charge on any atom is 0.407 e. The lowest BCUT2D eigenvalue weighted by molar-refractivity contribution is 0.177. The van der Waals surface area contributed by atoms with Crippen LogP contribution in [0.25, 0.3) is 0 Å². The summed E-state index contributed by atoms with van der Waals surface area (Å²) in [6, 6.07) is 24.4. The molecule has 1 aliphatic rings. The SMILES string of the molecule is O=C1N[C@H](c2ccc(Oc3ccccc3)c(Oc3ccccc3)c2)CO1. The van der Waals surface area contributed by atoms with E-state index in [2.05, 4.69) is 5.32 Å². The van der Waals surface area contributed by atoms with Crippen LogP contribution in [-0.2, 0) is 4.74 Å². The van der Waals surface area contributed by atoms with Gasteiger partial charge in [0.15, 0.2) is 11.5 Å². The molecule has 1 aliphatic heterocycles.